The van der Waals surface area contributed by atoms with Crippen molar-refractivity contribution < 1.29 is 0 Å². The van der Waals surface area contributed by atoms with Crippen LogP contribution in [0.2, 0.25) is 0 Å². The van der Waals surface area contributed by atoms with Gasteiger partial charge in [-0.2, -0.15) is 0 Å². The fraction of sp³-hybridized carbons (Fsp3) is 0. The third-order valence-electron chi connectivity index (χ3n) is 1.58. The Bertz CT molecular complexity index is 478. The molecule has 0 unspecified atom stereocenters. The van der Waals surface area contributed by atoms with Gasteiger partial charge in [-0.1, -0.05) is 0 Å². The van der Waals surface area contributed by atoms with Crippen LogP contribution in [0, 0.1) is 0 Å². The molecule has 0 fully saturated rings. The minimum Gasteiger partial charge on any atom is -0.307 e. The highest BCUT2D eigenvalue weighted by Gasteiger charge is 1.97. The molecule has 2 heterocycles. The number of aromatic nitrogens is 2. The van der Waals surface area contributed by atoms with Gasteiger partial charge in [-0.15, -0.1) is 0 Å². The van der Waals surface area contributed by atoms with Crippen LogP contribution in [0.4, 0.5) is 0 Å². The van der Waals surface area contributed by atoms with E-state index in [2.05, 4.69) is 25.9 Å². The van der Waals surface area contributed by atoms with E-state index < -0.39 is 0 Å². The standard InChI is InChI=1S/C8H5BrN2O/c9-6-3-4-10-8-5(6)1-2-7(12)11-8/h1-4H,(H,10,11,12). The highest BCUT2D eigenvalue weighted by atomic mass is 79.9. The Kier molecular flexibility index (Phi) is 1.69. The van der Waals surface area contributed by atoms with Crippen LogP contribution in [0.15, 0.2) is 33.7 Å². The van der Waals surface area contributed by atoms with Crippen LogP contribution in [0.1, 0.15) is 0 Å². The molecule has 0 saturated carbocycles. The lowest BCUT2D eigenvalue weighted by atomic mass is 10.3. The molecule has 0 amide bonds. The molecule has 0 aliphatic carbocycles. The molecule has 1 N–H and O–H groups in total. The zero-order chi connectivity index (χ0) is 8.55. The number of pyridine rings is 2. The fourth-order valence-corrected chi connectivity index (χ4v) is 1.46. The summed E-state index contributed by atoms with van der Waals surface area (Å²) in [5.41, 5.74) is 0.477. The van der Waals surface area contributed by atoms with E-state index in [-0.39, 0.29) is 5.56 Å². The molecule has 2 rings (SSSR count). The molecule has 12 heavy (non-hydrogen) atoms. The third-order valence-corrected chi connectivity index (χ3v) is 2.27. The Morgan fingerprint density at radius 2 is 2.17 bits per heavy atom. The molecule has 0 aromatic carbocycles. The van der Waals surface area contributed by atoms with E-state index in [4.69, 9.17) is 0 Å². The lowest BCUT2D eigenvalue weighted by molar-refractivity contribution is 1.23. The third kappa shape index (κ3) is 1.14. The molecular formula is C8H5BrN2O. The first-order valence-electron chi connectivity index (χ1n) is 3.41. The van der Waals surface area contributed by atoms with Crippen LogP contribution >= 0.6 is 15.9 Å². The first-order valence-corrected chi connectivity index (χ1v) is 4.20. The van der Waals surface area contributed by atoms with Crippen LogP contribution < -0.4 is 5.56 Å². The van der Waals surface area contributed by atoms with Gasteiger partial charge in [0.1, 0.15) is 5.65 Å². The normalized spacial score (nSPS) is 10.4. The van der Waals surface area contributed by atoms with Gasteiger partial charge >= 0.3 is 0 Å². The predicted molar refractivity (Wildman–Crippen MR) is 50.1 cm³/mol. The van der Waals surface area contributed by atoms with E-state index in [0.717, 1.165) is 9.86 Å². The van der Waals surface area contributed by atoms with Crippen LogP contribution in [-0.2, 0) is 0 Å². The van der Waals surface area contributed by atoms with Gasteiger partial charge in [-0.05, 0) is 28.1 Å². The number of H-pyrrole nitrogens is 1. The maximum Gasteiger partial charge on any atom is 0.249 e. The van der Waals surface area contributed by atoms with Gasteiger partial charge in [0.2, 0.25) is 5.56 Å². The number of rotatable bonds is 0. The minimum absolute atomic E-state index is 0.131. The highest BCUT2D eigenvalue weighted by molar-refractivity contribution is 9.10. The fourth-order valence-electron chi connectivity index (χ4n) is 1.03. The largest absolute Gasteiger partial charge is 0.307 e. The molecule has 4 heteroatoms. The van der Waals surface area contributed by atoms with Crippen molar-refractivity contribution in [2.24, 2.45) is 0 Å². The SMILES string of the molecule is O=c1ccc2c(Br)ccnc2[nH]1. The highest BCUT2D eigenvalue weighted by Crippen LogP contribution is 2.18. The monoisotopic (exact) mass is 224 g/mol. The second kappa shape index (κ2) is 2.71. The molecule has 60 valence electrons. The van der Waals surface area contributed by atoms with E-state index in [0.29, 0.717) is 5.65 Å². The van der Waals surface area contributed by atoms with Crippen molar-refractivity contribution in [3.8, 4) is 0 Å². The first-order chi connectivity index (χ1) is 5.77. The average molecular weight is 225 g/mol. The van der Waals surface area contributed by atoms with Crippen molar-refractivity contribution in [2.45, 2.75) is 0 Å². The molecule has 3 nitrogen and oxygen atoms in total. The van der Waals surface area contributed by atoms with E-state index in [9.17, 15) is 4.79 Å². The van der Waals surface area contributed by atoms with Gasteiger partial charge in [0.15, 0.2) is 0 Å². The van der Waals surface area contributed by atoms with Crippen molar-refractivity contribution >= 4 is 27.0 Å². The lowest BCUT2D eigenvalue weighted by Gasteiger charge is -1.96. The average Bonchev–Trinajstić information content (AvgIpc) is 2.04. The first kappa shape index (κ1) is 7.49. The molecule has 0 aliphatic heterocycles. The molecule has 0 radical (unpaired) electrons. The quantitative estimate of drug-likeness (QED) is 0.741. The van der Waals surface area contributed by atoms with Crippen LogP contribution in [0.5, 0.6) is 0 Å². The number of hydrogen-bond donors (Lipinski definition) is 1. The molecule has 2 aromatic heterocycles. The van der Waals surface area contributed by atoms with Crippen LogP contribution in [0.3, 0.4) is 0 Å². The smallest absolute Gasteiger partial charge is 0.249 e. The molecule has 2 aromatic rings. The summed E-state index contributed by atoms with van der Waals surface area (Å²) in [7, 11) is 0. The Morgan fingerprint density at radius 1 is 1.33 bits per heavy atom. The summed E-state index contributed by atoms with van der Waals surface area (Å²) in [6.45, 7) is 0. The number of fused-ring (bicyclic) bond motifs is 1. The Balaban J connectivity index is 2.96. The van der Waals surface area contributed by atoms with Crippen molar-refractivity contribution in [3.63, 3.8) is 0 Å². The topological polar surface area (TPSA) is 45.8 Å². The van der Waals surface area contributed by atoms with Crippen molar-refractivity contribution in [2.75, 3.05) is 0 Å². The molecular weight excluding hydrogens is 220 g/mol. The summed E-state index contributed by atoms with van der Waals surface area (Å²) in [6, 6.07) is 5.06. The summed E-state index contributed by atoms with van der Waals surface area (Å²) in [5, 5.41) is 0.914. The summed E-state index contributed by atoms with van der Waals surface area (Å²) < 4.78 is 0.934. The molecule has 0 atom stereocenters. The molecule has 0 saturated heterocycles. The number of nitrogens with zero attached hydrogens (tertiary/aromatic N) is 1. The number of nitrogens with one attached hydrogen (secondary N) is 1. The molecule has 0 bridgehead atoms. The Hall–Kier alpha value is -1.16. The summed E-state index contributed by atoms with van der Waals surface area (Å²) in [4.78, 5) is 17.5. The second-order valence-corrected chi connectivity index (χ2v) is 3.23. The number of hydrogen-bond acceptors (Lipinski definition) is 2. The second-order valence-electron chi connectivity index (χ2n) is 2.38. The van der Waals surface area contributed by atoms with Crippen molar-refractivity contribution in [1.82, 2.24) is 9.97 Å². The maximum atomic E-state index is 10.9. The molecule has 0 aliphatic rings. The van der Waals surface area contributed by atoms with Gasteiger partial charge in [-0.3, -0.25) is 4.79 Å². The lowest BCUT2D eigenvalue weighted by Crippen LogP contribution is -2.03. The van der Waals surface area contributed by atoms with Crippen molar-refractivity contribution in [3.05, 3.63) is 39.2 Å². The van der Waals surface area contributed by atoms with Crippen molar-refractivity contribution in [1.29, 1.82) is 0 Å². The van der Waals surface area contributed by atoms with Gasteiger partial charge in [0, 0.05) is 22.1 Å². The Morgan fingerprint density at radius 3 is 3.00 bits per heavy atom. The maximum absolute atomic E-state index is 10.9. The van der Waals surface area contributed by atoms with Crippen LogP contribution in [-0.4, -0.2) is 9.97 Å². The summed E-state index contributed by atoms with van der Waals surface area (Å²) in [6.07, 6.45) is 1.64. The van der Waals surface area contributed by atoms with Gasteiger partial charge in [0.25, 0.3) is 0 Å². The van der Waals surface area contributed by atoms with Gasteiger partial charge in [-0.25, -0.2) is 4.98 Å². The molecule has 0 spiro atoms. The minimum atomic E-state index is -0.131. The van der Waals surface area contributed by atoms with E-state index >= 15 is 0 Å². The van der Waals surface area contributed by atoms with Gasteiger partial charge in [0.05, 0.1) is 0 Å². The van der Waals surface area contributed by atoms with Gasteiger partial charge < -0.3 is 4.98 Å². The zero-order valence-corrected chi connectivity index (χ0v) is 7.63. The summed E-state index contributed by atoms with van der Waals surface area (Å²) >= 11 is 3.36. The van der Waals surface area contributed by atoms with E-state index in [1.54, 1.807) is 12.3 Å². The predicted octanol–water partition coefficient (Wildman–Crippen LogP) is 1.69. The van der Waals surface area contributed by atoms with Crippen LogP contribution in [0.25, 0.3) is 11.0 Å². The summed E-state index contributed by atoms with van der Waals surface area (Å²) in [5.74, 6) is 0. The van der Waals surface area contributed by atoms with E-state index in [1.807, 2.05) is 6.07 Å². The number of halogens is 1. The zero-order valence-electron chi connectivity index (χ0n) is 6.04. The van der Waals surface area contributed by atoms with E-state index in [1.165, 1.54) is 6.07 Å². The number of aromatic amines is 1. The Labute approximate surface area is 76.6 Å².